The molecule has 1 aliphatic heterocycles. The number of hydrogen-bond donors (Lipinski definition) is 0. The maximum absolute atomic E-state index is 13.3. The summed E-state index contributed by atoms with van der Waals surface area (Å²) in [5.41, 5.74) is 2.67. The number of ether oxygens (including phenoxy) is 1. The number of piperidine rings is 1. The monoisotopic (exact) mass is 375 g/mol. The molecular weight excluding hydrogens is 356 g/mol. The topological polar surface area (TPSA) is 59.8 Å². The Kier molecular flexibility index (Phi) is 3.42. The van der Waals surface area contributed by atoms with Crippen molar-refractivity contribution in [3.8, 4) is 5.75 Å². The Morgan fingerprint density at radius 3 is 2.70 bits per heavy atom. The Morgan fingerprint density at radius 2 is 1.96 bits per heavy atom. The molecule has 0 spiro atoms. The van der Waals surface area contributed by atoms with E-state index in [4.69, 9.17) is 9.15 Å². The summed E-state index contributed by atoms with van der Waals surface area (Å²) in [4.78, 5) is 25.9. The molecule has 2 fully saturated rings. The molecule has 1 amide bonds. The van der Waals surface area contributed by atoms with Crippen LogP contribution >= 0.6 is 0 Å². The number of nitrogens with zero attached hydrogens (tertiary/aromatic N) is 1. The fourth-order valence-electron chi connectivity index (χ4n) is 4.56. The second-order valence-corrected chi connectivity index (χ2v) is 7.74. The maximum Gasteiger partial charge on any atom is 0.339 e. The molecule has 5 rings (SSSR count). The Labute approximate surface area is 153 Å². The minimum Gasteiger partial charge on any atom is -0.483 e. The number of amides is 1. The van der Waals surface area contributed by atoms with E-state index in [-0.39, 0.29) is 31.2 Å². The molecule has 27 heavy (non-hydrogen) atoms. The summed E-state index contributed by atoms with van der Waals surface area (Å²) < 4.78 is 37.7. The van der Waals surface area contributed by atoms with Gasteiger partial charge in [-0.1, -0.05) is 0 Å². The van der Waals surface area contributed by atoms with Gasteiger partial charge in [-0.15, -0.1) is 0 Å². The maximum atomic E-state index is 13.3. The molecule has 1 aromatic carbocycles. The number of carbonyl (C=O) groups excluding carboxylic acids is 1. The number of halogens is 2. The van der Waals surface area contributed by atoms with Gasteiger partial charge in [0, 0.05) is 29.6 Å². The minimum atomic E-state index is -2.61. The summed E-state index contributed by atoms with van der Waals surface area (Å²) in [5, 5.41) is 0.917. The van der Waals surface area contributed by atoms with Crippen LogP contribution in [-0.2, 0) is 17.6 Å². The summed E-state index contributed by atoms with van der Waals surface area (Å²) >= 11 is 0. The Morgan fingerprint density at radius 1 is 1.26 bits per heavy atom. The molecule has 1 saturated heterocycles. The summed E-state index contributed by atoms with van der Waals surface area (Å²) in [6, 6.07) is 3.64. The first-order valence-corrected chi connectivity index (χ1v) is 9.24. The number of fused-ring (bicyclic) bond motifs is 4. The van der Waals surface area contributed by atoms with Crippen LogP contribution in [0.5, 0.6) is 5.75 Å². The standard InChI is InChI=1S/C20H19F2NO4/c1-10-16(26-9-17(24)23-7-14-15(8-23)20(14,21)22)6-5-12-11-3-2-4-13(11)19(25)27-18(10)12/h5-6,14-15H,2-4,7-9H2,1H3. The molecule has 1 saturated carbocycles. The van der Waals surface area contributed by atoms with Crippen molar-refractivity contribution in [2.75, 3.05) is 19.7 Å². The number of likely N-dealkylation sites (tertiary alicyclic amines) is 1. The third-order valence-electron chi connectivity index (χ3n) is 6.24. The third-order valence-corrected chi connectivity index (χ3v) is 6.24. The van der Waals surface area contributed by atoms with Gasteiger partial charge in [0.15, 0.2) is 6.61 Å². The van der Waals surface area contributed by atoms with Gasteiger partial charge >= 0.3 is 5.63 Å². The van der Waals surface area contributed by atoms with Gasteiger partial charge < -0.3 is 14.1 Å². The van der Waals surface area contributed by atoms with E-state index in [0.29, 0.717) is 16.9 Å². The largest absolute Gasteiger partial charge is 0.483 e. The highest BCUT2D eigenvalue weighted by Crippen LogP contribution is 2.59. The van der Waals surface area contributed by atoms with Crippen molar-refractivity contribution in [2.45, 2.75) is 32.1 Å². The highest BCUT2D eigenvalue weighted by molar-refractivity contribution is 5.86. The van der Waals surface area contributed by atoms with Crippen LogP contribution in [0.2, 0.25) is 0 Å². The first kappa shape index (κ1) is 16.7. The quantitative estimate of drug-likeness (QED) is 0.774. The minimum absolute atomic E-state index is 0.0948. The highest BCUT2D eigenvalue weighted by Gasteiger charge is 2.72. The lowest BCUT2D eigenvalue weighted by atomic mass is 10.0. The van der Waals surface area contributed by atoms with Crippen LogP contribution in [0.15, 0.2) is 21.3 Å². The van der Waals surface area contributed by atoms with Crippen LogP contribution in [-0.4, -0.2) is 36.4 Å². The Hall–Kier alpha value is -2.44. The summed E-state index contributed by atoms with van der Waals surface area (Å²) in [6.45, 7) is 1.76. The van der Waals surface area contributed by atoms with Gasteiger partial charge in [-0.05, 0) is 43.9 Å². The van der Waals surface area contributed by atoms with Gasteiger partial charge in [0.2, 0.25) is 0 Å². The lowest BCUT2D eigenvalue weighted by Gasteiger charge is -2.20. The summed E-state index contributed by atoms with van der Waals surface area (Å²) in [7, 11) is 0. The average molecular weight is 375 g/mol. The molecule has 142 valence electrons. The molecule has 2 aromatic rings. The van der Waals surface area contributed by atoms with E-state index >= 15 is 0 Å². The highest BCUT2D eigenvalue weighted by atomic mass is 19.3. The van der Waals surface area contributed by atoms with Crippen molar-refractivity contribution >= 4 is 16.9 Å². The van der Waals surface area contributed by atoms with Gasteiger partial charge in [0.1, 0.15) is 11.3 Å². The number of rotatable bonds is 3. The molecule has 7 heteroatoms. The van der Waals surface area contributed by atoms with Gasteiger partial charge in [0.25, 0.3) is 11.8 Å². The molecule has 0 bridgehead atoms. The van der Waals surface area contributed by atoms with Crippen molar-refractivity contribution in [3.05, 3.63) is 39.2 Å². The zero-order valence-electron chi connectivity index (χ0n) is 14.9. The third kappa shape index (κ3) is 2.40. The van der Waals surface area contributed by atoms with Crippen molar-refractivity contribution < 1.29 is 22.7 Å². The molecule has 0 N–H and O–H groups in total. The van der Waals surface area contributed by atoms with Gasteiger partial charge in [0.05, 0.1) is 11.8 Å². The van der Waals surface area contributed by atoms with Crippen molar-refractivity contribution in [1.82, 2.24) is 4.90 Å². The second kappa shape index (κ2) is 5.53. The summed E-state index contributed by atoms with van der Waals surface area (Å²) in [6.07, 6.45) is 2.55. The van der Waals surface area contributed by atoms with E-state index in [1.54, 1.807) is 13.0 Å². The summed E-state index contributed by atoms with van der Waals surface area (Å²) in [5.74, 6) is -3.83. The predicted molar refractivity (Wildman–Crippen MR) is 93.2 cm³/mol. The normalized spacial score (nSPS) is 24.8. The van der Waals surface area contributed by atoms with Gasteiger partial charge in [-0.25, -0.2) is 13.6 Å². The van der Waals surface area contributed by atoms with E-state index in [2.05, 4.69) is 0 Å². The number of aryl methyl sites for hydroxylation is 2. The molecule has 0 radical (unpaired) electrons. The Balaban J connectivity index is 1.34. The smallest absolute Gasteiger partial charge is 0.339 e. The van der Waals surface area contributed by atoms with E-state index in [1.807, 2.05) is 6.07 Å². The first-order valence-electron chi connectivity index (χ1n) is 9.24. The fourth-order valence-corrected chi connectivity index (χ4v) is 4.56. The van der Waals surface area contributed by atoms with Crippen LogP contribution in [0, 0.1) is 18.8 Å². The SMILES string of the molecule is Cc1c(OCC(=O)N2CC3C(C2)C3(F)F)ccc2c3c(c(=O)oc12)CCC3. The lowest BCUT2D eigenvalue weighted by Crippen LogP contribution is -2.36. The van der Waals surface area contributed by atoms with Crippen LogP contribution in [0.25, 0.3) is 11.0 Å². The van der Waals surface area contributed by atoms with Crippen molar-refractivity contribution in [2.24, 2.45) is 11.8 Å². The van der Waals surface area contributed by atoms with Crippen LogP contribution in [0.3, 0.4) is 0 Å². The van der Waals surface area contributed by atoms with Crippen LogP contribution in [0.4, 0.5) is 8.78 Å². The van der Waals surface area contributed by atoms with Crippen molar-refractivity contribution in [3.63, 3.8) is 0 Å². The second-order valence-electron chi connectivity index (χ2n) is 7.74. The molecule has 2 aliphatic carbocycles. The molecule has 1 aromatic heterocycles. The zero-order valence-corrected chi connectivity index (χ0v) is 14.9. The van der Waals surface area contributed by atoms with Crippen LogP contribution in [0.1, 0.15) is 23.1 Å². The molecular formula is C20H19F2NO4. The Bertz CT molecular complexity index is 1010. The first-order chi connectivity index (χ1) is 12.9. The van der Waals surface area contributed by atoms with E-state index in [1.165, 1.54) is 4.90 Å². The number of benzene rings is 1. The lowest BCUT2D eigenvalue weighted by molar-refractivity contribution is -0.133. The van der Waals surface area contributed by atoms with Crippen LogP contribution < -0.4 is 10.4 Å². The number of hydrogen-bond acceptors (Lipinski definition) is 4. The van der Waals surface area contributed by atoms with E-state index < -0.39 is 17.8 Å². The number of carbonyl (C=O) groups is 1. The van der Waals surface area contributed by atoms with Gasteiger partial charge in [-0.2, -0.15) is 0 Å². The molecule has 2 heterocycles. The molecule has 3 aliphatic rings. The van der Waals surface area contributed by atoms with Gasteiger partial charge in [-0.3, -0.25) is 4.79 Å². The molecule has 5 nitrogen and oxygen atoms in total. The fraction of sp³-hybridized carbons (Fsp3) is 0.500. The van der Waals surface area contributed by atoms with E-state index in [0.717, 1.165) is 35.8 Å². The zero-order chi connectivity index (χ0) is 18.9. The predicted octanol–water partition coefficient (Wildman–Crippen LogP) is 2.69. The number of alkyl halides is 2. The van der Waals surface area contributed by atoms with E-state index in [9.17, 15) is 18.4 Å². The van der Waals surface area contributed by atoms with Crippen molar-refractivity contribution in [1.29, 1.82) is 0 Å². The molecule has 2 unspecified atom stereocenters. The molecule has 2 atom stereocenters. The average Bonchev–Trinajstić information content (AvgIpc) is 3.12.